The maximum Gasteiger partial charge on any atom is 0.257 e. The van der Waals surface area contributed by atoms with Gasteiger partial charge in [0.25, 0.3) is 5.91 Å². The molecule has 0 saturated carbocycles. The molecule has 1 aliphatic heterocycles. The Hall–Kier alpha value is -2.89. The number of nitrogens with zero attached hydrogens (tertiary/aromatic N) is 2. The van der Waals surface area contributed by atoms with Crippen LogP contribution in [-0.2, 0) is 6.54 Å². The van der Waals surface area contributed by atoms with Crippen molar-refractivity contribution < 1.29 is 9.18 Å². The van der Waals surface area contributed by atoms with E-state index in [0.717, 1.165) is 38.8 Å². The van der Waals surface area contributed by atoms with E-state index in [1.807, 2.05) is 30.3 Å². The van der Waals surface area contributed by atoms with Gasteiger partial charge in [-0.25, -0.2) is 4.39 Å². The van der Waals surface area contributed by atoms with Crippen LogP contribution in [0.15, 0.2) is 72.8 Å². The first kappa shape index (κ1) is 20.4. The Morgan fingerprint density at radius 2 is 1.63 bits per heavy atom. The maximum atomic E-state index is 13.2. The number of rotatable bonds is 5. The van der Waals surface area contributed by atoms with E-state index in [1.165, 1.54) is 23.4 Å². The highest BCUT2D eigenvalue weighted by Gasteiger charge is 2.17. The number of para-hydroxylation sites is 1. The van der Waals surface area contributed by atoms with Gasteiger partial charge in [0.1, 0.15) is 5.82 Å². The molecule has 0 radical (unpaired) electrons. The Morgan fingerprint density at radius 1 is 0.933 bits per heavy atom. The van der Waals surface area contributed by atoms with Gasteiger partial charge < -0.3 is 10.2 Å². The SMILES string of the molecule is O=C(Nc1ccc(CN2CCN(c3ccccc3)CC2)cc1)c1ccc(F)cc1Cl. The lowest BCUT2D eigenvalue weighted by atomic mass is 10.1. The highest BCUT2D eigenvalue weighted by molar-refractivity contribution is 6.34. The molecule has 3 aromatic carbocycles. The summed E-state index contributed by atoms with van der Waals surface area (Å²) in [7, 11) is 0. The fraction of sp³-hybridized carbons (Fsp3) is 0.208. The van der Waals surface area contributed by atoms with E-state index in [0.29, 0.717) is 5.69 Å². The van der Waals surface area contributed by atoms with Gasteiger partial charge in [0.05, 0.1) is 10.6 Å². The third kappa shape index (κ3) is 4.99. The van der Waals surface area contributed by atoms with E-state index in [9.17, 15) is 9.18 Å². The maximum absolute atomic E-state index is 13.2. The summed E-state index contributed by atoms with van der Waals surface area (Å²) in [5, 5.41) is 2.90. The first-order valence-electron chi connectivity index (χ1n) is 9.96. The molecule has 1 fully saturated rings. The molecule has 0 spiro atoms. The van der Waals surface area contributed by atoms with Crippen LogP contribution in [0.5, 0.6) is 0 Å². The van der Waals surface area contributed by atoms with Gasteiger partial charge in [0.15, 0.2) is 0 Å². The van der Waals surface area contributed by atoms with Crippen LogP contribution in [0.2, 0.25) is 5.02 Å². The summed E-state index contributed by atoms with van der Waals surface area (Å²) < 4.78 is 13.2. The van der Waals surface area contributed by atoms with Crippen LogP contribution in [0.1, 0.15) is 15.9 Å². The van der Waals surface area contributed by atoms with Crippen molar-refractivity contribution in [2.45, 2.75) is 6.54 Å². The fourth-order valence-electron chi connectivity index (χ4n) is 3.63. The third-order valence-electron chi connectivity index (χ3n) is 5.29. The topological polar surface area (TPSA) is 35.6 Å². The molecule has 1 N–H and O–H groups in total. The first-order chi connectivity index (χ1) is 14.6. The van der Waals surface area contributed by atoms with Crippen molar-refractivity contribution in [3.63, 3.8) is 0 Å². The second kappa shape index (κ2) is 9.28. The third-order valence-corrected chi connectivity index (χ3v) is 5.60. The average Bonchev–Trinajstić information content (AvgIpc) is 2.76. The van der Waals surface area contributed by atoms with E-state index in [-0.39, 0.29) is 16.5 Å². The molecule has 4 rings (SSSR count). The fourth-order valence-corrected chi connectivity index (χ4v) is 3.88. The molecular weight excluding hydrogens is 401 g/mol. The van der Waals surface area contributed by atoms with Crippen LogP contribution in [0, 0.1) is 5.82 Å². The van der Waals surface area contributed by atoms with Crippen molar-refractivity contribution in [2.75, 3.05) is 36.4 Å². The number of hydrogen-bond donors (Lipinski definition) is 1. The lowest BCUT2D eigenvalue weighted by Crippen LogP contribution is -2.45. The van der Waals surface area contributed by atoms with Crippen molar-refractivity contribution in [3.8, 4) is 0 Å². The van der Waals surface area contributed by atoms with E-state index in [2.05, 4.69) is 39.4 Å². The largest absolute Gasteiger partial charge is 0.369 e. The number of anilines is 2. The second-order valence-corrected chi connectivity index (χ2v) is 7.78. The molecule has 1 aliphatic rings. The van der Waals surface area contributed by atoms with Gasteiger partial charge in [-0.05, 0) is 48.0 Å². The van der Waals surface area contributed by atoms with Gasteiger partial charge in [-0.3, -0.25) is 9.69 Å². The van der Waals surface area contributed by atoms with E-state index in [1.54, 1.807) is 0 Å². The molecule has 0 aliphatic carbocycles. The number of halogens is 2. The predicted molar refractivity (Wildman–Crippen MR) is 120 cm³/mol. The molecule has 1 saturated heterocycles. The highest BCUT2D eigenvalue weighted by Crippen LogP contribution is 2.20. The molecule has 0 unspecified atom stereocenters. The molecule has 1 amide bonds. The van der Waals surface area contributed by atoms with Crippen LogP contribution in [0.25, 0.3) is 0 Å². The monoisotopic (exact) mass is 423 g/mol. The molecule has 0 bridgehead atoms. The summed E-state index contributed by atoms with van der Waals surface area (Å²) in [6.07, 6.45) is 0. The summed E-state index contributed by atoms with van der Waals surface area (Å²) in [6.45, 7) is 4.92. The van der Waals surface area contributed by atoms with Crippen LogP contribution in [0.4, 0.5) is 15.8 Å². The summed E-state index contributed by atoms with van der Waals surface area (Å²) in [6, 6.07) is 22.0. The molecule has 30 heavy (non-hydrogen) atoms. The average molecular weight is 424 g/mol. The van der Waals surface area contributed by atoms with Crippen LogP contribution in [-0.4, -0.2) is 37.0 Å². The van der Waals surface area contributed by atoms with Crippen molar-refractivity contribution in [1.29, 1.82) is 0 Å². The summed E-state index contributed by atoms with van der Waals surface area (Å²) in [5.41, 5.74) is 3.40. The number of carbonyl (C=O) groups is 1. The molecule has 6 heteroatoms. The highest BCUT2D eigenvalue weighted by atomic mass is 35.5. The number of amides is 1. The zero-order valence-corrected chi connectivity index (χ0v) is 17.3. The van der Waals surface area contributed by atoms with E-state index < -0.39 is 5.82 Å². The van der Waals surface area contributed by atoms with Crippen molar-refractivity contribution in [3.05, 3.63) is 94.8 Å². The van der Waals surface area contributed by atoms with E-state index >= 15 is 0 Å². The minimum Gasteiger partial charge on any atom is -0.369 e. The zero-order chi connectivity index (χ0) is 20.9. The second-order valence-electron chi connectivity index (χ2n) is 7.37. The Kier molecular flexibility index (Phi) is 6.31. The lowest BCUT2D eigenvalue weighted by molar-refractivity contribution is 0.102. The summed E-state index contributed by atoms with van der Waals surface area (Å²) >= 11 is 5.96. The molecule has 0 atom stereocenters. The van der Waals surface area contributed by atoms with Gasteiger partial charge in [0.2, 0.25) is 0 Å². The van der Waals surface area contributed by atoms with Crippen LogP contribution < -0.4 is 10.2 Å². The Morgan fingerprint density at radius 3 is 2.30 bits per heavy atom. The quantitative estimate of drug-likeness (QED) is 0.623. The number of piperazine rings is 1. The molecule has 0 aromatic heterocycles. The Balaban J connectivity index is 1.30. The van der Waals surface area contributed by atoms with Crippen molar-refractivity contribution in [2.24, 2.45) is 0 Å². The van der Waals surface area contributed by atoms with Gasteiger partial charge in [-0.2, -0.15) is 0 Å². The molecule has 1 heterocycles. The number of nitrogens with one attached hydrogen (secondary N) is 1. The normalized spacial score (nSPS) is 14.5. The Bertz CT molecular complexity index is 1000. The molecule has 3 aromatic rings. The molecular formula is C24H23ClFN3O. The van der Waals surface area contributed by atoms with Crippen LogP contribution in [0.3, 0.4) is 0 Å². The van der Waals surface area contributed by atoms with Crippen molar-refractivity contribution >= 4 is 28.9 Å². The van der Waals surface area contributed by atoms with Gasteiger partial charge in [-0.15, -0.1) is 0 Å². The van der Waals surface area contributed by atoms with E-state index in [4.69, 9.17) is 11.6 Å². The number of hydrogen-bond acceptors (Lipinski definition) is 3. The summed E-state index contributed by atoms with van der Waals surface area (Å²) in [4.78, 5) is 17.2. The van der Waals surface area contributed by atoms with Crippen molar-refractivity contribution in [1.82, 2.24) is 4.90 Å². The van der Waals surface area contributed by atoms with Gasteiger partial charge in [0, 0.05) is 44.1 Å². The number of carbonyl (C=O) groups excluding carboxylic acids is 1. The Labute approximate surface area is 180 Å². The van der Waals surface area contributed by atoms with Crippen LogP contribution >= 0.6 is 11.6 Å². The lowest BCUT2D eigenvalue weighted by Gasteiger charge is -2.36. The minimum absolute atomic E-state index is 0.0961. The summed E-state index contributed by atoms with van der Waals surface area (Å²) in [5.74, 6) is -0.824. The first-order valence-corrected chi connectivity index (χ1v) is 10.3. The zero-order valence-electron chi connectivity index (χ0n) is 16.5. The molecule has 154 valence electrons. The standard InChI is InChI=1S/C24H23ClFN3O/c25-23-16-19(26)8-11-22(23)24(30)27-20-9-6-18(7-10-20)17-28-12-14-29(15-13-28)21-4-2-1-3-5-21/h1-11,16H,12-15,17H2,(H,27,30). The number of benzene rings is 3. The predicted octanol–water partition coefficient (Wildman–Crippen LogP) is 5.05. The minimum atomic E-state index is -0.467. The molecule has 4 nitrogen and oxygen atoms in total. The van der Waals surface area contributed by atoms with Gasteiger partial charge in [-0.1, -0.05) is 41.9 Å². The van der Waals surface area contributed by atoms with Gasteiger partial charge >= 0.3 is 0 Å². The smallest absolute Gasteiger partial charge is 0.257 e.